The molecule has 1 amide bonds. The topological polar surface area (TPSA) is 67.6 Å². The normalized spacial score (nSPS) is 16.9. The van der Waals surface area contributed by atoms with E-state index in [9.17, 15) is 10.0 Å². The van der Waals surface area contributed by atoms with Gasteiger partial charge in [-0.15, -0.1) is 0 Å². The van der Waals surface area contributed by atoms with Crippen molar-refractivity contribution in [3.8, 4) is 11.4 Å². The van der Waals surface area contributed by atoms with Crippen molar-refractivity contribution in [1.29, 1.82) is 0 Å². The molecular formula is C20H21N3O3. The van der Waals surface area contributed by atoms with Crippen LogP contribution in [0.2, 0.25) is 0 Å². The molecule has 0 aromatic heterocycles. The van der Waals surface area contributed by atoms with Crippen LogP contribution in [0, 0.1) is 0 Å². The molecule has 0 spiro atoms. The predicted molar refractivity (Wildman–Crippen MR) is 96.1 cm³/mol. The van der Waals surface area contributed by atoms with E-state index in [0.29, 0.717) is 18.8 Å². The van der Waals surface area contributed by atoms with E-state index in [1.807, 2.05) is 41.3 Å². The number of rotatable bonds is 4. The van der Waals surface area contributed by atoms with Crippen molar-refractivity contribution in [3.63, 3.8) is 0 Å². The fraction of sp³-hybridized carbons (Fsp3) is 0.300. The van der Waals surface area contributed by atoms with Crippen LogP contribution in [0.1, 0.15) is 24.0 Å². The molecule has 1 N–H and O–H groups in total. The van der Waals surface area contributed by atoms with Crippen LogP contribution in [-0.4, -0.2) is 38.5 Å². The van der Waals surface area contributed by atoms with Gasteiger partial charge in [0.2, 0.25) is 0 Å². The Kier molecular flexibility index (Phi) is 4.48. The first-order valence-electron chi connectivity index (χ1n) is 8.84. The zero-order valence-electron chi connectivity index (χ0n) is 14.4. The van der Waals surface area contributed by atoms with E-state index in [-0.39, 0.29) is 18.7 Å². The largest absolute Gasteiger partial charge is 0.445 e. The first kappa shape index (κ1) is 16.4. The van der Waals surface area contributed by atoms with Gasteiger partial charge in [-0.1, -0.05) is 30.3 Å². The number of aromatic nitrogens is 2. The van der Waals surface area contributed by atoms with Crippen LogP contribution in [0.5, 0.6) is 0 Å². The highest BCUT2D eigenvalue weighted by molar-refractivity contribution is 5.69. The summed E-state index contributed by atoms with van der Waals surface area (Å²) in [6, 6.07) is 13.5. The second-order valence-electron chi connectivity index (χ2n) is 6.61. The van der Waals surface area contributed by atoms with Crippen molar-refractivity contribution < 1.29 is 14.7 Å². The summed E-state index contributed by atoms with van der Waals surface area (Å²) < 4.78 is 6.52. The molecule has 3 aliphatic rings. The molecule has 6 nitrogen and oxygen atoms in total. The van der Waals surface area contributed by atoms with Crippen molar-refractivity contribution >= 4 is 6.09 Å². The van der Waals surface area contributed by atoms with E-state index in [2.05, 4.69) is 4.98 Å². The zero-order chi connectivity index (χ0) is 17.9. The first-order valence-corrected chi connectivity index (χ1v) is 8.84. The van der Waals surface area contributed by atoms with Crippen LogP contribution >= 0.6 is 0 Å². The molecule has 1 saturated heterocycles. The Morgan fingerprint density at radius 1 is 1.23 bits per heavy atom. The summed E-state index contributed by atoms with van der Waals surface area (Å²) in [5.41, 5.74) is 2.94. The Labute approximate surface area is 151 Å². The molecule has 0 unspecified atom stereocenters. The molecule has 0 saturated carbocycles. The summed E-state index contributed by atoms with van der Waals surface area (Å²) >= 11 is 0. The summed E-state index contributed by atoms with van der Waals surface area (Å²) in [6.07, 6.45) is 5.69. The van der Waals surface area contributed by atoms with Crippen molar-refractivity contribution in [2.24, 2.45) is 0 Å². The fourth-order valence-corrected chi connectivity index (χ4v) is 3.58. The van der Waals surface area contributed by atoms with Crippen molar-refractivity contribution in [2.75, 3.05) is 6.54 Å². The molecule has 1 aromatic rings. The maximum absolute atomic E-state index is 12.5. The molecular weight excluding hydrogens is 330 g/mol. The smallest absolute Gasteiger partial charge is 0.410 e. The maximum atomic E-state index is 12.5. The second-order valence-corrected chi connectivity index (χ2v) is 6.61. The van der Waals surface area contributed by atoms with Gasteiger partial charge in [-0.25, -0.2) is 9.78 Å². The van der Waals surface area contributed by atoms with Gasteiger partial charge in [0.25, 0.3) is 0 Å². The van der Waals surface area contributed by atoms with Gasteiger partial charge in [-0.05, 0) is 42.5 Å². The Morgan fingerprint density at radius 2 is 2.08 bits per heavy atom. The predicted octanol–water partition coefficient (Wildman–Crippen LogP) is 3.57. The van der Waals surface area contributed by atoms with E-state index in [4.69, 9.17) is 4.74 Å². The molecule has 0 aliphatic carbocycles. The average Bonchev–Trinajstić information content (AvgIpc) is 3.29. The van der Waals surface area contributed by atoms with Crippen LogP contribution in [0.4, 0.5) is 4.79 Å². The third-order valence-corrected chi connectivity index (χ3v) is 4.91. The first-order chi connectivity index (χ1) is 12.7. The summed E-state index contributed by atoms with van der Waals surface area (Å²) in [4.78, 5) is 18.6. The van der Waals surface area contributed by atoms with Gasteiger partial charge >= 0.3 is 6.09 Å². The van der Waals surface area contributed by atoms with Gasteiger partial charge in [0.15, 0.2) is 5.82 Å². The highest BCUT2D eigenvalue weighted by atomic mass is 16.6. The lowest BCUT2D eigenvalue weighted by Gasteiger charge is -2.24. The molecule has 3 aliphatic heterocycles. The fourth-order valence-electron chi connectivity index (χ4n) is 3.58. The number of fused-ring (bicyclic) bond motifs is 1. The van der Waals surface area contributed by atoms with Crippen molar-refractivity contribution in [1.82, 2.24) is 14.6 Å². The number of likely N-dealkylation sites (tertiary alicyclic amines) is 1. The molecule has 1 aromatic carbocycles. The number of amides is 1. The number of hydrogen-bond donors (Lipinski definition) is 1. The molecule has 1 atom stereocenters. The van der Waals surface area contributed by atoms with E-state index in [0.717, 1.165) is 34.3 Å². The number of ether oxygens (including phenoxy) is 1. The Balaban J connectivity index is 1.42. The van der Waals surface area contributed by atoms with Gasteiger partial charge < -0.3 is 14.8 Å². The SMILES string of the molecule is O=C(OCc1ccccc1)N1CCC[C@H]1Cc1cnc2n(O)cccc1-2. The lowest BCUT2D eigenvalue weighted by Crippen LogP contribution is -2.37. The van der Waals surface area contributed by atoms with E-state index < -0.39 is 0 Å². The lowest BCUT2D eigenvalue weighted by molar-refractivity contribution is 0.0921. The summed E-state index contributed by atoms with van der Waals surface area (Å²) in [5.74, 6) is 0.540. The molecule has 26 heavy (non-hydrogen) atoms. The zero-order valence-corrected chi connectivity index (χ0v) is 14.4. The van der Waals surface area contributed by atoms with Crippen molar-refractivity contribution in [3.05, 3.63) is 66.0 Å². The van der Waals surface area contributed by atoms with E-state index >= 15 is 0 Å². The van der Waals surface area contributed by atoms with Gasteiger partial charge in [-0.3, -0.25) is 0 Å². The van der Waals surface area contributed by atoms with Crippen LogP contribution in [0.3, 0.4) is 0 Å². The summed E-state index contributed by atoms with van der Waals surface area (Å²) in [5, 5.41) is 9.83. The minimum atomic E-state index is -0.266. The Morgan fingerprint density at radius 3 is 2.92 bits per heavy atom. The van der Waals surface area contributed by atoms with Crippen molar-refractivity contribution in [2.45, 2.75) is 31.9 Å². The minimum Gasteiger partial charge on any atom is -0.445 e. The lowest BCUT2D eigenvalue weighted by atomic mass is 10.0. The summed E-state index contributed by atoms with van der Waals surface area (Å²) in [6.45, 7) is 0.999. The number of carbonyl (C=O) groups excluding carboxylic acids is 1. The van der Waals surface area contributed by atoms with Crippen LogP contribution in [-0.2, 0) is 17.8 Å². The third kappa shape index (κ3) is 3.22. The van der Waals surface area contributed by atoms with Gasteiger partial charge in [-0.2, -0.15) is 4.73 Å². The highest BCUT2D eigenvalue weighted by Crippen LogP contribution is 2.29. The van der Waals surface area contributed by atoms with Crippen LogP contribution < -0.4 is 0 Å². The third-order valence-electron chi connectivity index (χ3n) is 4.91. The number of pyridine rings is 1. The van der Waals surface area contributed by atoms with E-state index in [1.165, 1.54) is 0 Å². The number of carbonyl (C=O) groups is 1. The number of benzene rings is 1. The average molecular weight is 351 g/mol. The molecule has 134 valence electrons. The molecule has 0 bridgehead atoms. The number of hydrogen-bond acceptors (Lipinski definition) is 4. The second kappa shape index (κ2) is 7.07. The maximum Gasteiger partial charge on any atom is 0.410 e. The Hall–Kier alpha value is -3.02. The molecule has 6 heteroatoms. The quantitative estimate of drug-likeness (QED) is 0.730. The number of nitrogens with zero attached hydrogens (tertiary/aromatic N) is 3. The molecule has 0 radical (unpaired) electrons. The monoisotopic (exact) mass is 351 g/mol. The van der Waals surface area contributed by atoms with Gasteiger partial charge in [0, 0.05) is 30.5 Å². The van der Waals surface area contributed by atoms with Crippen LogP contribution in [0.15, 0.2) is 54.9 Å². The molecule has 4 rings (SSSR count). The minimum absolute atomic E-state index is 0.0954. The Bertz CT molecular complexity index is 862. The van der Waals surface area contributed by atoms with E-state index in [1.54, 1.807) is 18.5 Å². The standard InChI is InChI=1S/C20H21N3O3/c24-20(26-14-15-6-2-1-3-7-15)22-10-4-8-17(22)12-16-13-21-19-18(16)9-5-11-23(19)25/h1-3,5-7,9,11,13,17,25H,4,8,10,12,14H2/t17-/m0/s1. The molecule has 3 heterocycles. The highest BCUT2D eigenvalue weighted by Gasteiger charge is 2.31. The van der Waals surface area contributed by atoms with Gasteiger partial charge in [0.05, 0.1) is 0 Å². The molecule has 1 fully saturated rings. The van der Waals surface area contributed by atoms with Gasteiger partial charge in [0.1, 0.15) is 6.61 Å². The van der Waals surface area contributed by atoms with Crippen LogP contribution in [0.25, 0.3) is 11.4 Å². The summed E-state index contributed by atoms with van der Waals surface area (Å²) in [7, 11) is 0.